The van der Waals surface area contributed by atoms with Crippen LogP contribution in [0.25, 0.3) is 0 Å². The third kappa shape index (κ3) is 3.50. The predicted molar refractivity (Wildman–Crippen MR) is 68.0 cm³/mol. The van der Waals surface area contributed by atoms with Gasteiger partial charge in [-0.3, -0.25) is 0 Å². The molecule has 0 aliphatic heterocycles. The van der Waals surface area contributed by atoms with Crippen LogP contribution < -0.4 is 10.0 Å². The SMILES string of the molecule is CCCc1cc(P)cc(OCC2CC2)c1. The Morgan fingerprint density at radius 1 is 1.33 bits per heavy atom. The lowest BCUT2D eigenvalue weighted by molar-refractivity contribution is 0.300. The van der Waals surface area contributed by atoms with Crippen LogP contribution in [-0.4, -0.2) is 6.61 Å². The molecule has 15 heavy (non-hydrogen) atoms. The first-order chi connectivity index (χ1) is 7.28. The second-order valence-electron chi connectivity index (χ2n) is 4.41. The highest BCUT2D eigenvalue weighted by Crippen LogP contribution is 2.29. The van der Waals surface area contributed by atoms with E-state index in [1.807, 2.05) is 0 Å². The van der Waals surface area contributed by atoms with Crippen molar-refractivity contribution < 1.29 is 4.74 Å². The summed E-state index contributed by atoms with van der Waals surface area (Å²) in [6.45, 7) is 3.11. The zero-order chi connectivity index (χ0) is 10.7. The molecule has 2 heteroatoms. The van der Waals surface area contributed by atoms with Gasteiger partial charge in [0.25, 0.3) is 0 Å². The summed E-state index contributed by atoms with van der Waals surface area (Å²) in [5.41, 5.74) is 1.38. The first-order valence-corrected chi connectivity index (χ1v) is 6.38. The van der Waals surface area contributed by atoms with Crippen molar-refractivity contribution in [1.82, 2.24) is 0 Å². The quantitative estimate of drug-likeness (QED) is 0.696. The number of ether oxygens (including phenoxy) is 1. The first kappa shape index (κ1) is 11.0. The van der Waals surface area contributed by atoms with Gasteiger partial charge < -0.3 is 4.74 Å². The standard InChI is InChI=1S/C13H19OP/c1-2-3-11-6-12(8-13(15)7-11)14-9-10-4-5-10/h6-8,10H,2-5,9,15H2,1H3. The second-order valence-corrected chi connectivity index (χ2v) is 5.08. The lowest BCUT2D eigenvalue weighted by Gasteiger charge is -2.08. The molecule has 1 unspecified atom stereocenters. The van der Waals surface area contributed by atoms with Crippen molar-refractivity contribution in [2.24, 2.45) is 5.92 Å². The van der Waals surface area contributed by atoms with Crippen molar-refractivity contribution in [2.45, 2.75) is 32.6 Å². The van der Waals surface area contributed by atoms with Crippen LogP contribution in [0.5, 0.6) is 5.75 Å². The van der Waals surface area contributed by atoms with Crippen LogP contribution in [0.15, 0.2) is 18.2 Å². The van der Waals surface area contributed by atoms with Crippen LogP contribution in [0, 0.1) is 5.92 Å². The molecule has 1 saturated carbocycles. The molecule has 0 radical (unpaired) electrons. The number of rotatable bonds is 5. The number of hydrogen-bond acceptors (Lipinski definition) is 1. The van der Waals surface area contributed by atoms with E-state index in [-0.39, 0.29) is 0 Å². The largest absolute Gasteiger partial charge is 0.493 e. The van der Waals surface area contributed by atoms with Gasteiger partial charge in [0.15, 0.2) is 0 Å². The average molecular weight is 222 g/mol. The minimum absolute atomic E-state index is 0.827. The van der Waals surface area contributed by atoms with E-state index in [0.717, 1.165) is 24.7 Å². The average Bonchev–Trinajstić information content (AvgIpc) is 2.98. The van der Waals surface area contributed by atoms with E-state index in [2.05, 4.69) is 34.4 Å². The monoisotopic (exact) mass is 222 g/mol. The Bertz CT molecular complexity index is 331. The molecule has 2 rings (SSSR count). The Kier molecular flexibility index (Phi) is 3.64. The van der Waals surface area contributed by atoms with E-state index >= 15 is 0 Å². The van der Waals surface area contributed by atoms with Crippen molar-refractivity contribution in [2.75, 3.05) is 6.61 Å². The van der Waals surface area contributed by atoms with Gasteiger partial charge in [0, 0.05) is 0 Å². The second kappa shape index (κ2) is 4.99. The summed E-state index contributed by atoms with van der Waals surface area (Å²) in [4.78, 5) is 0. The molecule has 0 N–H and O–H groups in total. The molecule has 0 aromatic heterocycles. The van der Waals surface area contributed by atoms with Gasteiger partial charge in [-0.1, -0.05) is 19.4 Å². The summed E-state index contributed by atoms with van der Waals surface area (Å²) in [6, 6.07) is 6.50. The number of benzene rings is 1. The molecule has 1 atom stereocenters. The van der Waals surface area contributed by atoms with Gasteiger partial charge >= 0.3 is 0 Å². The van der Waals surface area contributed by atoms with E-state index < -0.39 is 0 Å². The van der Waals surface area contributed by atoms with E-state index in [1.54, 1.807) is 0 Å². The maximum atomic E-state index is 5.78. The van der Waals surface area contributed by atoms with Crippen molar-refractivity contribution in [3.63, 3.8) is 0 Å². The fourth-order valence-electron chi connectivity index (χ4n) is 1.70. The molecule has 0 saturated heterocycles. The molecule has 0 amide bonds. The molecule has 1 aromatic carbocycles. The van der Waals surface area contributed by atoms with E-state index in [4.69, 9.17) is 4.74 Å². The molecule has 1 aliphatic carbocycles. The molecule has 1 fully saturated rings. The van der Waals surface area contributed by atoms with Crippen LogP contribution >= 0.6 is 9.24 Å². The van der Waals surface area contributed by atoms with Gasteiger partial charge in [0.2, 0.25) is 0 Å². The first-order valence-electron chi connectivity index (χ1n) is 5.80. The molecule has 0 spiro atoms. The highest BCUT2D eigenvalue weighted by Gasteiger charge is 2.21. The predicted octanol–water partition coefficient (Wildman–Crippen LogP) is 2.93. The lowest BCUT2D eigenvalue weighted by atomic mass is 10.1. The van der Waals surface area contributed by atoms with Crippen molar-refractivity contribution in [1.29, 1.82) is 0 Å². The van der Waals surface area contributed by atoms with Crippen LogP contribution in [0.3, 0.4) is 0 Å². The summed E-state index contributed by atoms with van der Waals surface area (Å²) >= 11 is 0. The van der Waals surface area contributed by atoms with E-state index in [0.29, 0.717) is 0 Å². The van der Waals surface area contributed by atoms with Gasteiger partial charge in [-0.25, -0.2) is 0 Å². The van der Waals surface area contributed by atoms with Gasteiger partial charge in [-0.05, 0) is 48.2 Å². The maximum absolute atomic E-state index is 5.78. The zero-order valence-electron chi connectivity index (χ0n) is 9.33. The smallest absolute Gasteiger partial charge is 0.120 e. The minimum Gasteiger partial charge on any atom is -0.493 e. The Hall–Kier alpha value is -0.550. The molecule has 0 bridgehead atoms. The van der Waals surface area contributed by atoms with Crippen LogP contribution in [0.1, 0.15) is 31.7 Å². The highest BCUT2D eigenvalue weighted by atomic mass is 31.0. The summed E-state index contributed by atoms with van der Waals surface area (Å²) in [7, 11) is 2.76. The molecule has 1 aliphatic rings. The van der Waals surface area contributed by atoms with Crippen LogP contribution in [0.4, 0.5) is 0 Å². The molecular formula is C13H19OP. The van der Waals surface area contributed by atoms with Crippen molar-refractivity contribution in [3.8, 4) is 5.75 Å². The Morgan fingerprint density at radius 3 is 2.80 bits per heavy atom. The molecular weight excluding hydrogens is 203 g/mol. The normalized spacial score (nSPS) is 15.3. The molecule has 0 heterocycles. The summed E-state index contributed by atoms with van der Waals surface area (Å²) in [5, 5.41) is 1.23. The Labute approximate surface area is 94.4 Å². The lowest BCUT2D eigenvalue weighted by Crippen LogP contribution is -2.02. The van der Waals surface area contributed by atoms with Gasteiger partial charge in [-0.15, -0.1) is 9.24 Å². The van der Waals surface area contributed by atoms with Crippen LogP contribution in [-0.2, 0) is 6.42 Å². The van der Waals surface area contributed by atoms with Gasteiger partial charge in [0.05, 0.1) is 6.61 Å². The molecule has 82 valence electrons. The van der Waals surface area contributed by atoms with Crippen LogP contribution in [0.2, 0.25) is 0 Å². The summed E-state index contributed by atoms with van der Waals surface area (Å²) < 4.78 is 5.78. The fraction of sp³-hybridized carbons (Fsp3) is 0.538. The molecule has 1 aromatic rings. The third-order valence-corrected chi connectivity index (χ3v) is 3.04. The minimum atomic E-state index is 0.827. The molecule has 1 nitrogen and oxygen atoms in total. The third-order valence-electron chi connectivity index (χ3n) is 2.71. The van der Waals surface area contributed by atoms with Crippen molar-refractivity contribution >= 4 is 14.5 Å². The summed E-state index contributed by atoms with van der Waals surface area (Å²) in [5.74, 6) is 1.87. The Morgan fingerprint density at radius 2 is 2.13 bits per heavy atom. The van der Waals surface area contributed by atoms with E-state index in [9.17, 15) is 0 Å². The number of aryl methyl sites for hydroxylation is 1. The van der Waals surface area contributed by atoms with Gasteiger partial charge in [-0.2, -0.15) is 0 Å². The summed E-state index contributed by atoms with van der Waals surface area (Å²) in [6.07, 6.45) is 5.03. The highest BCUT2D eigenvalue weighted by molar-refractivity contribution is 7.27. The zero-order valence-corrected chi connectivity index (χ0v) is 10.5. The maximum Gasteiger partial charge on any atom is 0.120 e. The number of hydrogen-bond donors (Lipinski definition) is 0. The fourth-order valence-corrected chi connectivity index (χ4v) is 2.08. The topological polar surface area (TPSA) is 9.23 Å². The Balaban J connectivity index is 2.00. The van der Waals surface area contributed by atoms with Gasteiger partial charge in [0.1, 0.15) is 5.75 Å². The van der Waals surface area contributed by atoms with Crippen molar-refractivity contribution in [3.05, 3.63) is 23.8 Å². The van der Waals surface area contributed by atoms with E-state index in [1.165, 1.54) is 30.1 Å².